The summed E-state index contributed by atoms with van der Waals surface area (Å²) < 4.78 is 0. The van der Waals surface area contributed by atoms with Crippen LogP contribution in [-0.4, -0.2) is 18.0 Å². The van der Waals surface area contributed by atoms with E-state index in [9.17, 15) is 0 Å². The second kappa shape index (κ2) is 9.30. The number of benzene rings is 5. The van der Waals surface area contributed by atoms with Crippen LogP contribution in [0.15, 0.2) is 133 Å². The SMILES string of the molecule is C[Si]1(C)c2ccccc2-c2nc(-c3ccccc3)nc(-c3cc(-c4ccccc4)cc(-c4ccccc4)c3)c21. The Morgan fingerprint density at radius 1 is 0.436 bits per heavy atom. The lowest BCUT2D eigenvalue weighted by Crippen LogP contribution is -2.50. The molecule has 6 aromatic rings. The molecule has 1 aromatic heterocycles. The minimum Gasteiger partial charge on any atom is -0.228 e. The van der Waals surface area contributed by atoms with Crippen LogP contribution in [0.25, 0.3) is 56.2 Å². The molecule has 7 rings (SSSR count). The molecule has 0 spiro atoms. The lowest BCUT2D eigenvalue weighted by molar-refractivity contribution is 1.20. The Balaban J connectivity index is 1.55. The van der Waals surface area contributed by atoms with Crippen LogP contribution >= 0.6 is 0 Å². The standard InChI is InChI=1S/C36H28N2Si/c1-39(2)32-21-13-12-20-31(32)34-35(39)33(37-36(38-34)27-18-10-5-11-19-27)30-23-28(25-14-6-3-7-15-25)22-29(24-30)26-16-8-4-9-17-26/h3-24H,1-2H3. The van der Waals surface area contributed by atoms with E-state index < -0.39 is 8.07 Å². The summed E-state index contributed by atoms with van der Waals surface area (Å²) in [5.41, 5.74) is 10.4. The third-order valence-electron chi connectivity index (χ3n) is 7.84. The van der Waals surface area contributed by atoms with Gasteiger partial charge in [-0.2, -0.15) is 0 Å². The van der Waals surface area contributed by atoms with Crippen LogP contribution in [-0.2, 0) is 0 Å². The van der Waals surface area contributed by atoms with E-state index >= 15 is 0 Å². The molecule has 0 amide bonds. The summed E-state index contributed by atoms with van der Waals surface area (Å²) in [6.45, 7) is 4.87. The first kappa shape index (κ1) is 23.5. The first-order valence-electron chi connectivity index (χ1n) is 13.4. The van der Waals surface area contributed by atoms with Crippen molar-refractivity contribution in [1.29, 1.82) is 0 Å². The Morgan fingerprint density at radius 2 is 0.897 bits per heavy atom. The summed E-state index contributed by atoms with van der Waals surface area (Å²) in [6, 6.07) is 47.4. The highest BCUT2D eigenvalue weighted by Crippen LogP contribution is 2.37. The molecule has 39 heavy (non-hydrogen) atoms. The zero-order valence-corrected chi connectivity index (χ0v) is 23.1. The second-order valence-corrected chi connectivity index (χ2v) is 15.0. The molecule has 5 aromatic carbocycles. The molecular formula is C36H28N2Si. The molecule has 0 atom stereocenters. The van der Waals surface area contributed by atoms with Gasteiger partial charge in [0.15, 0.2) is 5.82 Å². The number of hydrogen-bond donors (Lipinski definition) is 0. The van der Waals surface area contributed by atoms with Gasteiger partial charge in [0.2, 0.25) is 0 Å². The van der Waals surface area contributed by atoms with E-state index in [0.717, 1.165) is 28.3 Å². The molecule has 0 bridgehead atoms. The largest absolute Gasteiger partial charge is 0.228 e. The molecule has 0 fully saturated rings. The highest BCUT2D eigenvalue weighted by Gasteiger charge is 2.41. The van der Waals surface area contributed by atoms with E-state index in [2.05, 4.69) is 140 Å². The Bertz CT molecular complexity index is 1750. The van der Waals surface area contributed by atoms with Gasteiger partial charge in [-0.1, -0.05) is 128 Å². The van der Waals surface area contributed by atoms with Crippen molar-refractivity contribution in [3.8, 4) is 56.2 Å². The third kappa shape index (κ3) is 4.03. The van der Waals surface area contributed by atoms with Crippen molar-refractivity contribution < 1.29 is 0 Å². The summed E-state index contributed by atoms with van der Waals surface area (Å²) in [5, 5.41) is 2.76. The van der Waals surface area contributed by atoms with Gasteiger partial charge in [0, 0.05) is 11.1 Å². The van der Waals surface area contributed by atoms with Gasteiger partial charge >= 0.3 is 0 Å². The Morgan fingerprint density at radius 3 is 1.49 bits per heavy atom. The minimum absolute atomic E-state index is 0.775. The van der Waals surface area contributed by atoms with E-state index in [4.69, 9.17) is 9.97 Å². The van der Waals surface area contributed by atoms with Gasteiger partial charge < -0.3 is 0 Å². The Kier molecular flexibility index (Phi) is 5.61. The molecule has 0 saturated heterocycles. The van der Waals surface area contributed by atoms with Crippen molar-refractivity contribution in [3.63, 3.8) is 0 Å². The molecule has 2 nitrogen and oxygen atoms in total. The molecule has 0 unspecified atom stereocenters. The molecule has 0 aliphatic carbocycles. The van der Waals surface area contributed by atoms with Crippen molar-refractivity contribution in [2.75, 3.05) is 0 Å². The van der Waals surface area contributed by atoms with E-state index in [1.165, 1.54) is 38.2 Å². The fourth-order valence-corrected chi connectivity index (χ4v) is 9.13. The lowest BCUT2D eigenvalue weighted by Gasteiger charge is -2.22. The quantitative estimate of drug-likeness (QED) is 0.222. The fourth-order valence-electron chi connectivity index (χ4n) is 5.90. The number of rotatable bonds is 4. The van der Waals surface area contributed by atoms with Gasteiger partial charge in [-0.25, -0.2) is 9.97 Å². The molecule has 3 heteroatoms. The topological polar surface area (TPSA) is 25.8 Å². The molecule has 1 aliphatic rings. The summed E-state index contributed by atoms with van der Waals surface area (Å²) in [5.74, 6) is 0.775. The van der Waals surface area contributed by atoms with Gasteiger partial charge in [-0.3, -0.25) is 0 Å². The number of fused-ring (bicyclic) bond motifs is 3. The van der Waals surface area contributed by atoms with E-state index in [-0.39, 0.29) is 0 Å². The molecule has 2 heterocycles. The summed E-state index contributed by atoms with van der Waals surface area (Å²) in [6.07, 6.45) is 0. The summed E-state index contributed by atoms with van der Waals surface area (Å²) in [4.78, 5) is 10.6. The van der Waals surface area contributed by atoms with Crippen LogP contribution in [0.4, 0.5) is 0 Å². The smallest absolute Gasteiger partial charge is 0.160 e. The zero-order valence-electron chi connectivity index (χ0n) is 22.1. The van der Waals surface area contributed by atoms with Gasteiger partial charge in [0.25, 0.3) is 0 Å². The van der Waals surface area contributed by atoms with Crippen LogP contribution in [0.1, 0.15) is 0 Å². The van der Waals surface area contributed by atoms with Crippen LogP contribution < -0.4 is 10.4 Å². The first-order chi connectivity index (χ1) is 19.1. The van der Waals surface area contributed by atoms with Crippen LogP contribution in [0.3, 0.4) is 0 Å². The lowest BCUT2D eigenvalue weighted by atomic mass is 9.94. The van der Waals surface area contributed by atoms with Gasteiger partial charge in [-0.05, 0) is 56.4 Å². The Labute approximate surface area is 230 Å². The average Bonchev–Trinajstić information content (AvgIpc) is 3.24. The fraction of sp³-hybridized carbons (Fsp3) is 0.0556. The zero-order chi connectivity index (χ0) is 26.4. The van der Waals surface area contributed by atoms with Gasteiger partial charge in [0.1, 0.15) is 8.07 Å². The predicted molar refractivity (Wildman–Crippen MR) is 166 cm³/mol. The second-order valence-electron chi connectivity index (χ2n) is 10.7. The van der Waals surface area contributed by atoms with Crippen molar-refractivity contribution in [3.05, 3.63) is 133 Å². The molecule has 186 valence electrons. The highest BCUT2D eigenvalue weighted by atomic mass is 28.3. The van der Waals surface area contributed by atoms with E-state index in [0.29, 0.717) is 0 Å². The molecule has 0 saturated carbocycles. The highest BCUT2D eigenvalue weighted by molar-refractivity contribution is 7.04. The average molecular weight is 517 g/mol. The minimum atomic E-state index is -2.05. The number of hydrogen-bond acceptors (Lipinski definition) is 2. The molecule has 0 N–H and O–H groups in total. The van der Waals surface area contributed by atoms with Crippen molar-refractivity contribution in [2.24, 2.45) is 0 Å². The molecule has 1 aliphatic heterocycles. The van der Waals surface area contributed by atoms with Gasteiger partial charge in [-0.15, -0.1) is 0 Å². The van der Waals surface area contributed by atoms with Crippen molar-refractivity contribution in [2.45, 2.75) is 13.1 Å². The maximum Gasteiger partial charge on any atom is 0.160 e. The summed E-state index contributed by atoms with van der Waals surface area (Å²) >= 11 is 0. The normalized spacial score (nSPS) is 13.1. The van der Waals surface area contributed by atoms with Crippen LogP contribution in [0, 0.1) is 0 Å². The Hall–Kier alpha value is -4.60. The van der Waals surface area contributed by atoms with Gasteiger partial charge in [0.05, 0.1) is 11.4 Å². The maximum absolute atomic E-state index is 5.36. The molecular weight excluding hydrogens is 488 g/mol. The third-order valence-corrected chi connectivity index (χ3v) is 11.3. The number of nitrogens with zero attached hydrogens (tertiary/aromatic N) is 2. The maximum atomic E-state index is 5.36. The van der Waals surface area contributed by atoms with Crippen molar-refractivity contribution in [1.82, 2.24) is 9.97 Å². The van der Waals surface area contributed by atoms with Crippen LogP contribution in [0.2, 0.25) is 13.1 Å². The number of aromatic nitrogens is 2. The van der Waals surface area contributed by atoms with Crippen LogP contribution in [0.5, 0.6) is 0 Å². The predicted octanol–water partition coefficient (Wildman–Crippen LogP) is 7.95. The molecule has 0 radical (unpaired) electrons. The van der Waals surface area contributed by atoms with Crippen molar-refractivity contribution >= 4 is 18.4 Å². The first-order valence-corrected chi connectivity index (χ1v) is 16.4. The summed E-state index contributed by atoms with van der Waals surface area (Å²) in [7, 11) is -2.05. The monoisotopic (exact) mass is 516 g/mol. The van der Waals surface area contributed by atoms with E-state index in [1.54, 1.807) is 0 Å². The van der Waals surface area contributed by atoms with E-state index in [1.807, 2.05) is 6.07 Å².